The van der Waals surface area contributed by atoms with Crippen LogP contribution in [0.4, 0.5) is 11.8 Å². The van der Waals surface area contributed by atoms with Crippen LogP contribution in [0.25, 0.3) is 0 Å². The van der Waals surface area contributed by atoms with E-state index in [1.165, 1.54) is 25.7 Å². The van der Waals surface area contributed by atoms with Crippen molar-refractivity contribution in [3.05, 3.63) is 12.3 Å². The van der Waals surface area contributed by atoms with Gasteiger partial charge in [0.2, 0.25) is 5.95 Å². The Hall–Kier alpha value is -1.36. The molecular formula is C12H19N5. The van der Waals surface area contributed by atoms with Crippen LogP contribution >= 0.6 is 0 Å². The predicted molar refractivity (Wildman–Crippen MR) is 67.5 cm³/mol. The Morgan fingerprint density at radius 2 is 1.88 bits per heavy atom. The van der Waals surface area contributed by atoms with E-state index in [2.05, 4.69) is 20.3 Å². The summed E-state index contributed by atoms with van der Waals surface area (Å²) < 4.78 is 0. The maximum absolute atomic E-state index is 5.35. The fourth-order valence-corrected chi connectivity index (χ4v) is 2.08. The summed E-state index contributed by atoms with van der Waals surface area (Å²) in [5, 5.41) is 0. The largest absolute Gasteiger partial charge is 0.356 e. The topological polar surface area (TPSA) is 67.1 Å². The zero-order valence-electron chi connectivity index (χ0n) is 9.97. The predicted octanol–water partition coefficient (Wildman–Crippen LogP) is 1.39. The van der Waals surface area contributed by atoms with E-state index in [4.69, 9.17) is 5.84 Å². The first-order valence-corrected chi connectivity index (χ1v) is 6.40. The molecular weight excluding hydrogens is 214 g/mol. The number of nitrogen functional groups attached to an aromatic ring is 1. The van der Waals surface area contributed by atoms with Gasteiger partial charge >= 0.3 is 0 Å². The Kier molecular flexibility index (Phi) is 2.84. The average Bonchev–Trinajstić information content (AvgIpc) is 3.23. The van der Waals surface area contributed by atoms with Crippen LogP contribution in [0.1, 0.15) is 25.7 Å². The smallest absolute Gasteiger partial charge is 0.239 e. The highest BCUT2D eigenvalue weighted by molar-refractivity contribution is 5.42. The number of hydrazine groups is 1. The van der Waals surface area contributed by atoms with Gasteiger partial charge in [-0.3, -0.25) is 5.43 Å². The molecule has 0 atom stereocenters. The van der Waals surface area contributed by atoms with Crippen molar-refractivity contribution in [3.8, 4) is 0 Å². The van der Waals surface area contributed by atoms with E-state index in [0.29, 0.717) is 5.95 Å². The molecule has 0 spiro atoms. The van der Waals surface area contributed by atoms with Crippen molar-refractivity contribution in [2.24, 2.45) is 17.7 Å². The summed E-state index contributed by atoms with van der Waals surface area (Å²) in [4.78, 5) is 10.9. The van der Waals surface area contributed by atoms with E-state index < -0.39 is 0 Å². The van der Waals surface area contributed by atoms with Crippen LogP contribution in [0, 0.1) is 11.8 Å². The monoisotopic (exact) mass is 233 g/mol. The van der Waals surface area contributed by atoms with Gasteiger partial charge < -0.3 is 4.90 Å². The van der Waals surface area contributed by atoms with Crippen molar-refractivity contribution in [2.75, 3.05) is 23.4 Å². The van der Waals surface area contributed by atoms with E-state index in [-0.39, 0.29) is 0 Å². The highest BCUT2D eigenvalue weighted by atomic mass is 15.3. The highest BCUT2D eigenvalue weighted by Crippen LogP contribution is 2.35. The molecule has 92 valence electrons. The molecule has 3 rings (SSSR count). The van der Waals surface area contributed by atoms with Crippen LogP contribution in [0.3, 0.4) is 0 Å². The van der Waals surface area contributed by atoms with Crippen LogP contribution in [0.5, 0.6) is 0 Å². The van der Waals surface area contributed by atoms with Crippen LogP contribution in [0.2, 0.25) is 0 Å². The molecule has 0 radical (unpaired) electrons. The van der Waals surface area contributed by atoms with Gasteiger partial charge in [0, 0.05) is 19.3 Å². The van der Waals surface area contributed by atoms with Crippen molar-refractivity contribution in [3.63, 3.8) is 0 Å². The summed E-state index contributed by atoms with van der Waals surface area (Å²) in [6, 6.07) is 1.98. The van der Waals surface area contributed by atoms with Gasteiger partial charge in [0.15, 0.2) is 0 Å². The van der Waals surface area contributed by atoms with Crippen LogP contribution in [-0.4, -0.2) is 23.1 Å². The van der Waals surface area contributed by atoms with Crippen LogP contribution < -0.4 is 16.2 Å². The summed E-state index contributed by atoms with van der Waals surface area (Å²) in [7, 11) is 0. The average molecular weight is 233 g/mol. The van der Waals surface area contributed by atoms with Gasteiger partial charge in [-0.2, -0.15) is 4.98 Å². The summed E-state index contributed by atoms with van der Waals surface area (Å²) in [6.07, 6.45) is 7.25. The molecule has 0 bridgehead atoms. The van der Waals surface area contributed by atoms with Gasteiger partial charge in [-0.05, 0) is 43.6 Å². The third kappa shape index (κ3) is 2.85. The lowest BCUT2D eigenvalue weighted by molar-refractivity contribution is 0.671. The lowest BCUT2D eigenvalue weighted by Gasteiger charge is -2.23. The number of hydrogen-bond donors (Lipinski definition) is 2. The van der Waals surface area contributed by atoms with Gasteiger partial charge in [-0.1, -0.05) is 0 Å². The number of nitrogens with one attached hydrogen (secondary N) is 1. The van der Waals surface area contributed by atoms with E-state index in [1.54, 1.807) is 6.20 Å². The van der Waals surface area contributed by atoms with E-state index >= 15 is 0 Å². The van der Waals surface area contributed by atoms with Gasteiger partial charge in [-0.25, -0.2) is 10.8 Å². The minimum absolute atomic E-state index is 0.499. The van der Waals surface area contributed by atoms with Crippen molar-refractivity contribution in [1.82, 2.24) is 9.97 Å². The molecule has 5 nitrogen and oxygen atoms in total. The number of hydrogen-bond acceptors (Lipinski definition) is 5. The highest BCUT2D eigenvalue weighted by Gasteiger charge is 2.29. The number of nitrogens with zero attached hydrogens (tertiary/aromatic N) is 3. The Labute approximate surface area is 101 Å². The molecule has 0 unspecified atom stereocenters. The molecule has 1 aromatic heterocycles. The Bertz CT molecular complexity index is 372. The van der Waals surface area contributed by atoms with Gasteiger partial charge in [0.25, 0.3) is 0 Å². The normalized spacial score (nSPS) is 19.1. The number of anilines is 2. The fraction of sp³-hybridized carbons (Fsp3) is 0.667. The first-order valence-electron chi connectivity index (χ1n) is 6.40. The molecule has 2 saturated carbocycles. The SMILES string of the molecule is NNc1nccc(N(CC2CC2)CC2CC2)n1. The second-order valence-corrected chi connectivity index (χ2v) is 5.17. The van der Waals surface area contributed by atoms with Crippen molar-refractivity contribution < 1.29 is 0 Å². The van der Waals surface area contributed by atoms with E-state index in [9.17, 15) is 0 Å². The molecule has 2 aliphatic rings. The molecule has 2 fully saturated rings. The molecule has 3 N–H and O–H groups in total. The van der Waals surface area contributed by atoms with E-state index in [1.807, 2.05) is 6.07 Å². The van der Waals surface area contributed by atoms with Gasteiger partial charge in [0.05, 0.1) is 0 Å². The van der Waals surface area contributed by atoms with E-state index in [0.717, 1.165) is 30.7 Å². The molecule has 2 aliphatic carbocycles. The standard InChI is InChI=1S/C12H19N5/c13-16-12-14-6-5-11(15-12)17(7-9-1-2-9)8-10-3-4-10/h5-6,9-10H,1-4,7-8,13H2,(H,14,15,16). The van der Waals surface area contributed by atoms with Crippen molar-refractivity contribution in [1.29, 1.82) is 0 Å². The van der Waals surface area contributed by atoms with Gasteiger partial charge in [0.1, 0.15) is 5.82 Å². The second kappa shape index (κ2) is 4.49. The third-order valence-corrected chi connectivity index (χ3v) is 3.44. The number of rotatable bonds is 6. The molecule has 0 aliphatic heterocycles. The molecule has 17 heavy (non-hydrogen) atoms. The quantitative estimate of drug-likeness (QED) is 0.574. The Morgan fingerprint density at radius 3 is 2.41 bits per heavy atom. The summed E-state index contributed by atoms with van der Waals surface area (Å²) in [6.45, 7) is 2.27. The number of aromatic nitrogens is 2. The lowest BCUT2D eigenvalue weighted by Crippen LogP contribution is -2.29. The maximum Gasteiger partial charge on any atom is 0.239 e. The second-order valence-electron chi connectivity index (χ2n) is 5.17. The minimum atomic E-state index is 0.499. The zero-order valence-corrected chi connectivity index (χ0v) is 9.97. The van der Waals surface area contributed by atoms with Crippen molar-refractivity contribution >= 4 is 11.8 Å². The fourth-order valence-electron chi connectivity index (χ4n) is 2.08. The Balaban J connectivity index is 1.73. The van der Waals surface area contributed by atoms with Crippen LogP contribution in [-0.2, 0) is 0 Å². The zero-order chi connectivity index (χ0) is 11.7. The minimum Gasteiger partial charge on any atom is -0.356 e. The van der Waals surface area contributed by atoms with Gasteiger partial charge in [-0.15, -0.1) is 0 Å². The molecule has 5 heteroatoms. The molecule has 1 aromatic rings. The lowest BCUT2D eigenvalue weighted by atomic mass is 10.3. The summed E-state index contributed by atoms with van der Waals surface area (Å²) in [5.74, 6) is 8.60. The third-order valence-electron chi connectivity index (χ3n) is 3.44. The Morgan fingerprint density at radius 1 is 1.24 bits per heavy atom. The first kappa shape index (κ1) is 10.8. The molecule has 0 amide bonds. The van der Waals surface area contributed by atoms with Crippen LogP contribution in [0.15, 0.2) is 12.3 Å². The summed E-state index contributed by atoms with van der Waals surface area (Å²) >= 11 is 0. The first-order chi connectivity index (χ1) is 8.35. The molecule has 0 aromatic carbocycles. The number of nitrogens with two attached hydrogens (primary N) is 1. The molecule has 0 saturated heterocycles. The van der Waals surface area contributed by atoms with Crippen molar-refractivity contribution in [2.45, 2.75) is 25.7 Å². The molecule has 1 heterocycles. The summed E-state index contributed by atoms with van der Waals surface area (Å²) in [5.41, 5.74) is 2.51. The maximum atomic E-state index is 5.35.